The van der Waals surface area contributed by atoms with Crippen molar-refractivity contribution in [3.8, 4) is 17.2 Å². The second-order valence-electron chi connectivity index (χ2n) is 6.85. The number of esters is 1. The molecular weight excluding hydrogens is 440 g/mol. The van der Waals surface area contributed by atoms with Crippen LogP contribution in [0.15, 0.2) is 82.7 Å². The van der Waals surface area contributed by atoms with E-state index in [9.17, 15) is 9.59 Å². The first-order chi connectivity index (χ1) is 16.1. The van der Waals surface area contributed by atoms with Gasteiger partial charge < -0.3 is 19.5 Å². The molecule has 1 N–H and O–H groups in total. The number of carbonyl (C=O) groups is 2. The molecule has 0 aromatic heterocycles. The fourth-order valence-corrected chi connectivity index (χ4v) is 3.84. The van der Waals surface area contributed by atoms with Crippen molar-refractivity contribution in [2.75, 3.05) is 14.2 Å². The minimum atomic E-state index is -0.499. The van der Waals surface area contributed by atoms with Gasteiger partial charge >= 0.3 is 5.97 Å². The molecule has 3 aromatic rings. The Morgan fingerprint density at radius 2 is 1.70 bits per heavy atom. The van der Waals surface area contributed by atoms with Gasteiger partial charge in [0.1, 0.15) is 5.75 Å². The molecule has 1 amide bonds. The lowest BCUT2D eigenvalue weighted by molar-refractivity contribution is -0.115. The fourth-order valence-electron chi connectivity index (χ4n) is 3.00. The number of ether oxygens (including phenoxy) is 3. The van der Waals surface area contributed by atoms with Crippen molar-refractivity contribution >= 4 is 40.6 Å². The van der Waals surface area contributed by atoms with Crippen LogP contribution < -0.4 is 19.5 Å². The molecule has 7 nitrogen and oxygen atoms in total. The number of rotatable bonds is 6. The van der Waals surface area contributed by atoms with Crippen LogP contribution >= 0.6 is 11.8 Å². The molecule has 0 aliphatic carbocycles. The first kappa shape index (κ1) is 22.2. The highest BCUT2D eigenvalue weighted by Gasteiger charge is 2.24. The maximum atomic E-state index is 12.5. The Morgan fingerprint density at radius 3 is 2.39 bits per heavy atom. The van der Waals surface area contributed by atoms with Gasteiger partial charge in [0.05, 0.1) is 30.4 Å². The Morgan fingerprint density at radius 1 is 0.939 bits per heavy atom. The van der Waals surface area contributed by atoms with E-state index >= 15 is 0 Å². The fraction of sp³-hybridized carbons (Fsp3) is 0.0800. The summed E-state index contributed by atoms with van der Waals surface area (Å²) < 4.78 is 16.0. The second kappa shape index (κ2) is 10.1. The van der Waals surface area contributed by atoms with Gasteiger partial charge in [0, 0.05) is 0 Å². The molecule has 1 fully saturated rings. The molecule has 1 heterocycles. The van der Waals surface area contributed by atoms with Gasteiger partial charge in [-0.2, -0.15) is 0 Å². The van der Waals surface area contributed by atoms with Crippen LogP contribution in [-0.2, 0) is 4.79 Å². The average Bonchev–Trinajstić information content (AvgIpc) is 3.18. The van der Waals surface area contributed by atoms with E-state index in [2.05, 4.69) is 10.3 Å². The van der Waals surface area contributed by atoms with E-state index in [1.54, 1.807) is 79.9 Å². The highest BCUT2D eigenvalue weighted by molar-refractivity contribution is 8.18. The van der Waals surface area contributed by atoms with Crippen molar-refractivity contribution in [2.45, 2.75) is 0 Å². The molecule has 0 radical (unpaired) electrons. The Balaban J connectivity index is 1.54. The highest BCUT2D eigenvalue weighted by atomic mass is 32.2. The van der Waals surface area contributed by atoms with Gasteiger partial charge in [-0.25, -0.2) is 9.79 Å². The Bertz CT molecular complexity index is 1240. The van der Waals surface area contributed by atoms with Crippen LogP contribution in [0.1, 0.15) is 15.9 Å². The topological polar surface area (TPSA) is 86.2 Å². The number of hydrogen-bond donors (Lipinski definition) is 1. The van der Waals surface area contributed by atoms with E-state index in [4.69, 9.17) is 14.2 Å². The number of amides is 1. The van der Waals surface area contributed by atoms with Gasteiger partial charge in [-0.05, 0) is 71.9 Å². The number of amidine groups is 1. The lowest BCUT2D eigenvalue weighted by Crippen LogP contribution is -2.19. The molecule has 3 aromatic carbocycles. The molecule has 1 aliphatic rings. The third kappa shape index (κ3) is 5.42. The minimum absolute atomic E-state index is 0.258. The number of methoxy groups -OCH3 is 2. The van der Waals surface area contributed by atoms with Crippen molar-refractivity contribution in [3.63, 3.8) is 0 Å². The summed E-state index contributed by atoms with van der Waals surface area (Å²) in [6, 6.07) is 21.0. The molecule has 0 bridgehead atoms. The third-order valence-corrected chi connectivity index (χ3v) is 5.56. The monoisotopic (exact) mass is 460 g/mol. The maximum Gasteiger partial charge on any atom is 0.343 e. The van der Waals surface area contributed by atoms with Crippen LogP contribution in [-0.4, -0.2) is 31.3 Å². The summed E-state index contributed by atoms with van der Waals surface area (Å²) in [6.45, 7) is 0. The van der Waals surface area contributed by atoms with Crippen LogP contribution in [0.3, 0.4) is 0 Å². The van der Waals surface area contributed by atoms with Crippen LogP contribution in [0.25, 0.3) is 6.08 Å². The molecule has 1 saturated heterocycles. The SMILES string of the molecule is COc1ccc(N=C2NC(=O)/C(=C/c3ccc(OC)c(OC(=O)c4ccccc4)c3)S2)cc1. The summed E-state index contributed by atoms with van der Waals surface area (Å²) in [5.74, 6) is 0.639. The van der Waals surface area contributed by atoms with E-state index in [1.165, 1.54) is 18.9 Å². The summed E-state index contributed by atoms with van der Waals surface area (Å²) >= 11 is 1.23. The normalized spacial score (nSPS) is 15.4. The maximum absolute atomic E-state index is 12.5. The molecule has 4 rings (SSSR count). The number of hydrogen-bond acceptors (Lipinski definition) is 7. The predicted molar refractivity (Wildman–Crippen MR) is 128 cm³/mol. The molecule has 1 aliphatic heterocycles. The predicted octanol–water partition coefficient (Wildman–Crippen LogP) is 4.81. The number of nitrogens with zero attached hydrogens (tertiary/aromatic N) is 1. The van der Waals surface area contributed by atoms with Gasteiger partial charge in [-0.3, -0.25) is 4.79 Å². The summed E-state index contributed by atoms with van der Waals surface area (Å²) in [4.78, 5) is 29.8. The van der Waals surface area contributed by atoms with Crippen LogP contribution in [0, 0.1) is 0 Å². The lowest BCUT2D eigenvalue weighted by Gasteiger charge is -2.10. The van der Waals surface area contributed by atoms with Gasteiger partial charge in [-0.15, -0.1) is 0 Å². The Kier molecular flexibility index (Phi) is 6.75. The van der Waals surface area contributed by atoms with Crippen LogP contribution in [0.5, 0.6) is 17.2 Å². The molecule has 0 atom stereocenters. The quantitative estimate of drug-likeness (QED) is 0.323. The van der Waals surface area contributed by atoms with Crippen molar-refractivity contribution in [1.82, 2.24) is 5.32 Å². The third-order valence-electron chi connectivity index (χ3n) is 4.65. The summed E-state index contributed by atoms with van der Waals surface area (Å²) in [5, 5.41) is 3.23. The van der Waals surface area contributed by atoms with Crippen molar-refractivity contribution in [3.05, 3.63) is 88.8 Å². The number of aliphatic imine (C=N–C) groups is 1. The van der Waals surface area contributed by atoms with Gasteiger partial charge in [0.15, 0.2) is 16.7 Å². The Labute approximate surface area is 195 Å². The first-order valence-electron chi connectivity index (χ1n) is 9.94. The van der Waals surface area contributed by atoms with Crippen LogP contribution in [0.4, 0.5) is 5.69 Å². The van der Waals surface area contributed by atoms with E-state index in [-0.39, 0.29) is 11.7 Å². The number of thioether (sulfide) groups is 1. The van der Waals surface area contributed by atoms with E-state index in [1.807, 2.05) is 6.07 Å². The zero-order chi connectivity index (χ0) is 23.2. The molecule has 0 unspecified atom stereocenters. The standard InChI is InChI=1S/C25H20N2O5S/c1-30-19-11-9-18(10-12-19)26-25-27-23(28)22(33-25)15-16-8-13-20(31-2)21(14-16)32-24(29)17-6-4-3-5-7-17/h3-15H,1-2H3,(H,26,27,28)/b22-15-. The average molecular weight is 461 g/mol. The van der Waals surface area contributed by atoms with E-state index in [0.29, 0.717) is 32.6 Å². The van der Waals surface area contributed by atoms with E-state index in [0.717, 1.165) is 5.75 Å². The molecular formula is C25H20N2O5S. The summed E-state index contributed by atoms with van der Waals surface area (Å²) in [7, 11) is 3.09. The molecule has 0 spiro atoms. The Hall–Kier alpha value is -4.04. The van der Waals surface area contributed by atoms with Gasteiger partial charge in [0.2, 0.25) is 0 Å². The largest absolute Gasteiger partial charge is 0.497 e. The minimum Gasteiger partial charge on any atom is -0.497 e. The molecule has 166 valence electrons. The second-order valence-corrected chi connectivity index (χ2v) is 7.88. The lowest BCUT2D eigenvalue weighted by atomic mass is 10.1. The number of benzene rings is 3. The first-order valence-corrected chi connectivity index (χ1v) is 10.8. The zero-order valence-corrected chi connectivity index (χ0v) is 18.7. The van der Waals surface area contributed by atoms with Gasteiger partial charge in [0.25, 0.3) is 5.91 Å². The summed E-state index contributed by atoms with van der Waals surface area (Å²) in [6.07, 6.45) is 1.70. The molecule has 33 heavy (non-hydrogen) atoms. The van der Waals surface area contributed by atoms with Crippen molar-refractivity contribution in [2.24, 2.45) is 4.99 Å². The number of nitrogens with one attached hydrogen (secondary N) is 1. The number of carbonyl (C=O) groups excluding carboxylic acids is 2. The van der Waals surface area contributed by atoms with Gasteiger partial charge in [-0.1, -0.05) is 24.3 Å². The van der Waals surface area contributed by atoms with Crippen LogP contribution in [0.2, 0.25) is 0 Å². The van der Waals surface area contributed by atoms with Crippen molar-refractivity contribution < 1.29 is 23.8 Å². The van der Waals surface area contributed by atoms with Crippen molar-refractivity contribution in [1.29, 1.82) is 0 Å². The molecule has 8 heteroatoms. The zero-order valence-electron chi connectivity index (χ0n) is 17.9. The smallest absolute Gasteiger partial charge is 0.343 e. The summed E-state index contributed by atoms with van der Waals surface area (Å²) in [5.41, 5.74) is 1.79. The van der Waals surface area contributed by atoms with E-state index < -0.39 is 5.97 Å². The highest BCUT2D eigenvalue weighted by Crippen LogP contribution is 2.33. The molecule has 0 saturated carbocycles.